The largest absolute Gasteiger partial charge is 0.463 e. The second-order valence-electron chi connectivity index (χ2n) is 4.49. The molecule has 1 aliphatic rings. The fourth-order valence-electron chi connectivity index (χ4n) is 1.50. The van der Waals surface area contributed by atoms with E-state index in [-0.39, 0.29) is 0 Å². The number of rotatable bonds is 5. The monoisotopic (exact) mass is 194 g/mol. The van der Waals surface area contributed by atoms with Gasteiger partial charge in [0, 0.05) is 6.54 Å². The zero-order valence-corrected chi connectivity index (χ0v) is 8.68. The van der Waals surface area contributed by atoms with Crippen LogP contribution >= 0.6 is 0 Å². The van der Waals surface area contributed by atoms with E-state index >= 15 is 0 Å². The zero-order valence-electron chi connectivity index (χ0n) is 8.68. The first-order chi connectivity index (χ1) is 6.72. The van der Waals surface area contributed by atoms with Crippen molar-refractivity contribution in [3.05, 3.63) is 23.7 Å². The predicted molar refractivity (Wildman–Crippen MR) is 55.6 cm³/mol. The topological polar surface area (TPSA) is 51.2 Å². The Hall–Kier alpha value is -0.800. The molecule has 3 N–H and O–H groups in total. The standard InChI is InChI=1S/C11H18N2O/c1-11(4-5-11)8-13-7-10-3-2-9(6-12)14-10/h2-3,13H,4-8,12H2,1H3. The summed E-state index contributed by atoms with van der Waals surface area (Å²) in [5.41, 5.74) is 6.02. The van der Waals surface area contributed by atoms with Crippen LogP contribution in [0.3, 0.4) is 0 Å². The fourth-order valence-corrected chi connectivity index (χ4v) is 1.50. The maximum atomic E-state index is 5.48. The zero-order chi connectivity index (χ0) is 10.0. The molecule has 14 heavy (non-hydrogen) atoms. The van der Waals surface area contributed by atoms with E-state index in [1.54, 1.807) is 0 Å². The highest BCUT2D eigenvalue weighted by atomic mass is 16.3. The third kappa shape index (κ3) is 2.36. The van der Waals surface area contributed by atoms with Crippen molar-refractivity contribution in [2.75, 3.05) is 6.54 Å². The summed E-state index contributed by atoms with van der Waals surface area (Å²) in [4.78, 5) is 0. The molecule has 0 radical (unpaired) electrons. The van der Waals surface area contributed by atoms with Crippen molar-refractivity contribution in [3.8, 4) is 0 Å². The Bertz CT molecular complexity index is 302. The summed E-state index contributed by atoms with van der Waals surface area (Å²) in [6.07, 6.45) is 2.71. The van der Waals surface area contributed by atoms with Gasteiger partial charge in [-0.3, -0.25) is 0 Å². The van der Waals surface area contributed by atoms with Crippen molar-refractivity contribution in [2.45, 2.75) is 32.9 Å². The predicted octanol–water partition coefficient (Wildman–Crippen LogP) is 1.63. The van der Waals surface area contributed by atoms with Gasteiger partial charge in [0.2, 0.25) is 0 Å². The van der Waals surface area contributed by atoms with Gasteiger partial charge in [-0.15, -0.1) is 0 Å². The van der Waals surface area contributed by atoms with Crippen molar-refractivity contribution in [2.24, 2.45) is 11.1 Å². The summed E-state index contributed by atoms with van der Waals surface area (Å²) in [6, 6.07) is 3.93. The molecule has 0 bridgehead atoms. The lowest BCUT2D eigenvalue weighted by Gasteiger charge is -2.08. The summed E-state index contributed by atoms with van der Waals surface area (Å²) < 4.78 is 5.48. The van der Waals surface area contributed by atoms with E-state index in [0.29, 0.717) is 12.0 Å². The molecule has 0 saturated heterocycles. The molecule has 3 nitrogen and oxygen atoms in total. The summed E-state index contributed by atoms with van der Waals surface area (Å²) in [6.45, 7) is 4.70. The summed E-state index contributed by atoms with van der Waals surface area (Å²) >= 11 is 0. The third-order valence-corrected chi connectivity index (χ3v) is 2.87. The lowest BCUT2D eigenvalue weighted by atomic mass is 10.1. The first-order valence-electron chi connectivity index (χ1n) is 5.20. The second-order valence-corrected chi connectivity index (χ2v) is 4.49. The molecule has 0 atom stereocenters. The Labute approximate surface area is 84.7 Å². The normalized spacial score (nSPS) is 18.4. The molecular formula is C11H18N2O. The van der Waals surface area contributed by atoms with Crippen molar-refractivity contribution in [3.63, 3.8) is 0 Å². The van der Waals surface area contributed by atoms with Crippen LogP contribution in [0.15, 0.2) is 16.5 Å². The minimum atomic E-state index is 0.484. The molecule has 0 aromatic carbocycles. The molecular weight excluding hydrogens is 176 g/mol. The Balaban J connectivity index is 1.74. The van der Waals surface area contributed by atoms with Gasteiger partial charge in [0.1, 0.15) is 11.5 Å². The number of hydrogen-bond donors (Lipinski definition) is 2. The Kier molecular flexibility index (Phi) is 2.61. The highest BCUT2D eigenvalue weighted by molar-refractivity contribution is 5.06. The van der Waals surface area contributed by atoms with E-state index in [4.69, 9.17) is 10.2 Å². The second kappa shape index (κ2) is 3.75. The van der Waals surface area contributed by atoms with Gasteiger partial charge in [0.05, 0.1) is 13.1 Å². The minimum Gasteiger partial charge on any atom is -0.463 e. The van der Waals surface area contributed by atoms with Crippen LogP contribution in [0.4, 0.5) is 0 Å². The molecule has 0 aliphatic heterocycles. The maximum absolute atomic E-state index is 5.48. The van der Waals surface area contributed by atoms with Gasteiger partial charge in [0.15, 0.2) is 0 Å². The van der Waals surface area contributed by atoms with Crippen molar-refractivity contribution >= 4 is 0 Å². The van der Waals surface area contributed by atoms with Crippen LogP contribution in [0, 0.1) is 5.41 Å². The first-order valence-corrected chi connectivity index (χ1v) is 5.20. The molecule has 1 aliphatic carbocycles. The number of furan rings is 1. The quantitative estimate of drug-likeness (QED) is 0.749. The third-order valence-electron chi connectivity index (χ3n) is 2.87. The molecule has 1 saturated carbocycles. The average molecular weight is 194 g/mol. The van der Waals surface area contributed by atoms with Crippen LogP contribution in [0.5, 0.6) is 0 Å². The molecule has 0 spiro atoms. The van der Waals surface area contributed by atoms with Crippen LogP contribution < -0.4 is 11.1 Å². The molecule has 1 aromatic heterocycles. The van der Waals surface area contributed by atoms with E-state index in [1.165, 1.54) is 12.8 Å². The van der Waals surface area contributed by atoms with Crippen molar-refractivity contribution < 1.29 is 4.42 Å². The van der Waals surface area contributed by atoms with Gasteiger partial charge < -0.3 is 15.5 Å². The van der Waals surface area contributed by atoms with Crippen LogP contribution in [0.1, 0.15) is 31.3 Å². The van der Waals surface area contributed by atoms with E-state index in [0.717, 1.165) is 24.6 Å². The van der Waals surface area contributed by atoms with Crippen molar-refractivity contribution in [1.29, 1.82) is 0 Å². The molecule has 1 heterocycles. The Morgan fingerprint density at radius 3 is 2.71 bits per heavy atom. The average Bonchev–Trinajstić information content (AvgIpc) is 2.75. The van der Waals surface area contributed by atoms with E-state index in [9.17, 15) is 0 Å². The first kappa shape index (κ1) is 9.74. The number of hydrogen-bond acceptors (Lipinski definition) is 3. The minimum absolute atomic E-state index is 0.484. The van der Waals surface area contributed by atoms with E-state index < -0.39 is 0 Å². The molecule has 0 unspecified atom stereocenters. The van der Waals surface area contributed by atoms with Gasteiger partial charge in [-0.05, 0) is 30.4 Å². The van der Waals surface area contributed by atoms with E-state index in [2.05, 4.69) is 12.2 Å². The lowest BCUT2D eigenvalue weighted by molar-refractivity contribution is 0.426. The Morgan fingerprint density at radius 2 is 2.14 bits per heavy atom. The van der Waals surface area contributed by atoms with Gasteiger partial charge in [-0.25, -0.2) is 0 Å². The molecule has 2 rings (SSSR count). The molecule has 3 heteroatoms. The SMILES string of the molecule is CC1(CNCc2ccc(CN)o2)CC1. The number of nitrogens with two attached hydrogens (primary N) is 1. The van der Waals surface area contributed by atoms with Crippen LogP contribution in [-0.2, 0) is 13.1 Å². The molecule has 78 valence electrons. The number of nitrogens with one attached hydrogen (secondary N) is 1. The summed E-state index contributed by atoms with van der Waals surface area (Å²) in [5.74, 6) is 1.84. The van der Waals surface area contributed by atoms with Gasteiger partial charge in [-0.2, -0.15) is 0 Å². The highest BCUT2D eigenvalue weighted by Crippen LogP contribution is 2.44. The van der Waals surface area contributed by atoms with Crippen LogP contribution in [0.2, 0.25) is 0 Å². The molecule has 1 aromatic rings. The molecule has 1 fully saturated rings. The Morgan fingerprint density at radius 1 is 1.43 bits per heavy atom. The van der Waals surface area contributed by atoms with Crippen LogP contribution in [-0.4, -0.2) is 6.54 Å². The van der Waals surface area contributed by atoms with Crippen molar-refractivity contribution in [1.82, 2.24) is 5.32 Å². The van der Waals surface area contributed by atoms with E-state index in [1.807, 2.05) is 12.1 Å². The van der Waals surface area contributed by atoms with Gasteiger partial charge >= 0.3 is 0 Å². The summed E-state index contributed by atoms with van der Waals surface area (Å²) in [7, 11) is 0. The maximum Gasteiger partial charge on any atom is 0.118 e. The van der Waals surface area contributed by atoms with Crippen LogP contribution in [0.25, 0.3) is 0 Å². The highest BCUT2D eigenvalue weighted by Gasteiger charge is 2.36. The molecule has 0 amide bonds. The fraction of sp³-hybridized carbons (Fsp3) is 0.636. The van der Waals surface area contributed by atoms with Gasteiger partial charge in [-0.1, -0.05) is 6.92 Å². The smallest absolute Gasteiger partial charge is 0.118 e. The lowest BCUT2D eigenvalue weighted by Crippen LogP contribution is -2.21. The van der Waals surface area contributed by atoms with Gasteiger partial charge in [0.25, 0.3) is 0 Å². The summed E-state index contributed by atoms with van der Waals surface area (Å²) in [5, 5.41) is 3.41.